The Hall–Kier alpha value is -2.11. The topological polar surface area (TPSA) is 56.0 Å². The predicted molar refractivity (Wildman–Crippen MR) is 89.0 cm³/mol. The second kappa shape index (κ2) is 6.18. The fourth-order valence-electron chi connectivity index (χ4n) is 3.10. The number of carbonyl (C=O) groups is 1. The van der Waals surface area contributed by atoms with Gasteiger partial charge in [0, 0.05) is 24.8 Å². The third-order valence-electron chi connectivity index (χ3n) is 4.17. The zero-order valence-electron chi connectivity index (χ0n) is 14.4. The molecule has 0 fully saturated rings. The molecular weight excluding hydrogens is 290 g/mol. The molecule has 0 aliphatic carbocycles. The lowest BCUT2D eigenvalue weighted by Crippen LogP contribution is -2.26. The van der Waals surface area contributed by atoms with E-state index in [-0.39, 0.29) is 5.91 Å². The van der Waals surface area contributed by atoms with Gasteiger partial charge in [0.2, 0.25) is 5.82 Å². The highest BCUT2D eigenvalue weighted by atomic mass is 16.2. The van der Waals surface area contributed by atoms with Crippen molar-refractivity contribution in [1.82, 2.24) is 24.2 Å². The summed E-state index contributed by atoms with van der Waals surface area (Å²) < 4.78 is 4.00. The summed E-state index contributed by atoms with van der Waals surface area (Å²) in [4.78, 5) is 18.9. The smallest absolute Gasteiger partial charge is 0.291 e. The van der Waals surface area contributed by atoms with E-state index < -0.39 is 0 Å². The van der Waals surface area contributed by atoms with E-state index in [1.54, 1.807) is 0 Å². The van der Waals surface area contributed by atoms with Crippen LogP contribution in [0.15, 0.2) is 12.4 Å². The predicted octanol–water partition coefficient (Wildman–Crippen LogP) is 2.92. The summed E-state index contributed by atoms with van der Waals surface area (Å²) in [6.07, 6.45) is 6.03. The van der Waals surface area contributed by atoms with E-state index in [2.05, 4.69) is 37.1 Å². The Kier molecular flexibility index (Phi) is 4.24. The molecule has 1 amide bonds. The van der Waals surface area contributed by atoms with E-state index in [9.17, 15) is 4.79 Å². The van der Waals surface area contributed by atoms with Crippen LogP contribution in [0.2, 0.25) is 0 Å². The van der Waals surface area contributed by atoms with Crippen molar-refractivity contribution in [2.24, 2.45) is 5.92 Å². The number of nitrogens with zero attached hydrogens (tertiary/aromatic N) is 5. The monoisotopic (exact) mass is 315 g/mol. The average molecular weight is 315 g/mol. The molecule has 0 saturated heterocycles. The van der Waals surface area contributed by atoms with Crippen molar-refractivity contribution in [2.45, 2.75) is 53.8 Å². The maximum absolute atomic E-state index is 12.5. The molecular formula is C17H25N5O. The van der Waals surface area contributed by atoms with Gasteiger partial charge in [-0.2, -0.15) is 5.10 Å². The number of aryl methyl sites for hydroxylation is 1. The van der Waals surface area contributed by atoms with E-state index in [1.165, 1.54) is 0 Å². The van der Waals surface area contributed by atoms with Crippen LogP contribution in [0.3, 0.4) is 0 Å². The van der Waals surface area contributed by atoms with Crippen molar-refractivity contribution in [3.05, 3.63) is 23.9 Å². The van der Waals surface area contributed by atoms with Gasteiger partial charge in [-0.15, -0.1) is 0 Å². The first kappa shape index (κ1) is 15.8. The summed E-state index contributed by atoms with van der Waals surface area (Å²) in [7, 11) is 0. The van der Waals surface area contributed by atoms with Crippen molar-refractivity contribution in [1.29, 1.82) is 0 Å². The standard InChI is InChI=1S/C17H25N5O/c1-5-6-7-20-11-22-15(13(4)19-16(22)17(20)23)14-8-18-21(10-14)9-12(2)3/h8,10,12H,5-7,9,11H2,1-4H3. The van der Waals surface area contributed by atoms with Gasteiger partial charge in [0.05, 0.1) is 24.3 Å². The lowest BCUT2D eigenvalue weighted by Gasteiger charge is -2.15. The van der Waals surface area contributed by atoms with Crippen LogP contribution in [-0.4, -0.2) is 36.7 Å². The van der Waals surface area contributed by atoms with Gasteiger partial charge < -0.3 is 9.47 Å². The third kappa shape index (κ3) is 2.90. The molecule has 0 spiro atoms. The van der Waals surface area contributed by atoms with Crippen LogP contribution in [0.25, 0.3) is 11.3 Å². The van der Waals surface area contributed by atoms with Gasteiger partial charge in [0.1, 0.15) is 0 Å². The van der Waals surface area contributed by atoms with Crippen LogP contribution < -0.4 is 0 Å². The Morgan fingerprint density at radius 3 is 2.83 bits per heavy atom. The summed E-state index contributed by atoms with van der Waals surface area (Å²) in [5, 5.41) is 4.44. The summed E-state index contributed by atoms with van der Waals surface area (Å²) >= 11 is 0. The number of amides is 1. The van der Waals surface area contributed by atoms with Gasteiger partial charge in [0.15, 0.2) is 0 Å². The summed E-state index contributed by atoms with van der Waals surface area (Å²) in [5.74, 6) is 1.15. The van der Waals surface area contributed by atoms with E-state index in [4.69, 9.17) is 0 Å². The Morgan fingerprint density at radius 2 is 2.13 bits per heavy atom. The highest BCUT2D eigenvalue weighted by molar-refractivity contribution is 5.93. The SMILES string of the molecule is CCCCN1Cn2c(nc(C)c2-c2cnn(CC(C)C)c2)C1=O. The maximum atomic E-state index is 12.5. The Bertz CT molecular complexity index is 713. The van der Waals surface area contributed by atoms with Crippen molar-refractivity contribution in [3.63, 3.8) is 0 Å². The third-order valence-corrected chi connectivity index (χ3v) is 4.17. The van der Waals surface area contributed by atoms with Gasteiger partial charge in [-0.1, -0.05) is 27.2 Å². The molecule has 23 heavy (non-hydrogen) atoms. The second-order valence-corrected chi connectivity index (χ2v) is 6.71. The van der Waals surface area contributed by atoms with Crippen LogP contribution >= 0.6 is 0 Å². The minimum atomic E-state index is 0.0439. The second-order valence-electron chi connectivity index (χ2n) is 6.71. The first-order chi connectivity index (χ1) is 11.0. The van der Waals surface area contributed by atoms with E-state index in [0.717, 1.165) is 42.9 Å². The molecule has 0 radical (unpaired) electrons. The van der Waals surface area contributed by atoms with Crippen molar-refractivity contribution >= 4 is 5.91 Å². The maximum Gasteiger partial charge on any atom is 0.291 e. The van der Waals surface area contributed by atoms with Crippen molar-refractivity contribution in [3.8, 4) is 11.3 Å². The van der Waals surface area contributed by atoms with Gasteiger partial charge in [-0.05, 0) is 19.3 Å². The van der Waals surface area contributed by atoms with Gasteiger partial charge in [-0.25, -0.2) is 4.98 Å². The minimum absolute atomic E-state index is 0.0439. The number of hydrogen-bond acceptors (Lipinski definition) is 3. The van der Waals surface area contributed by atoms with Crippen LogP contribution in [0, 0.1) is 12.8 Å². The Balaban J connectivity index is 1.90. The first-order valence-electron chi connectivity index (χ1n) is 8.40. The minimum Gasteiger partial charge on any atom is -0.318 e. The first-order valence-corrected chi connectivity index (χ1v) is 8.40. The molecule has 0 bridgehead atoms. The fourth-order valence-corrected chi connectivity index (χ4v) is 3.10. The molecule has 2 aromatic rings. The zero-order chi connectivity index (χ0) is 16.6. The molecule has 1 aliphatic rings. The number of carbonyl (C=O) groups excluding carboxylic acids is 1. The molecule has 6 nitrogen and oxygen atoms in total. The molecule has 3 heterocycles. The summed E-state index contributed by atoms with van der Waals surface area (Å²) in [5.41, 5.74) is 2.95. The van der Waals surface area contributed by atoms with E-state index in [1.807, 2.05) is 27.3 Å². The summed E-state index contributed by atoms with van der Waals surface area (Å²) in [6, 6.07) is 0. The van der Waals surface area contributed by atoms with Crippen LogP contribution in [0.5, 0.6) is 0 Å². The molecule has 1 aliphatic heterocycles. The molecule has 124 valence electrons. The highest BCUT2D eigenvalue weighted by Gasteiger charge is 2.32. The fraction of sp³-hybridized carbons (Fsp3) is 0.588. The van der Waals surface area contributed by atoms with E-state index in [0.29, 0.717) is 18.4 Å². The molecule has 0 N–H and O–H groups in total. The molecule has 0 unspecified atom stereocenters. The Labute approximate surface area is 137 Å². The molecule has 3 rings (SSSR count). The number of hydrogen-bond donors (Lipinski definition) is 0. The lowest BCUT2D eigenvalue weighted by molar-refractivity contribution is 0.0763. The number of rotatable bonds is 6. The van der Waals surface area contributed by atoms with Gasteiger partial charge in [0.25, 0.3) is 5.91 Å². The van der Waals surface area contributed by atoms with Crippen molar-refractivity contribution < 1.29 is 4.79 Å². The normalized spacial score (nSPS) is 14.1. The van der Waals surface area contributed by atoms with Gasteiger partial charge in [-0.3, -0.25) is 9.48 Å². The molecule has 6 heteroatoms. The van der Waals surface area contributed by atoms with Crippen LogP contribution in [0.1, 0.15) is 49.9 Å². The highest BCUT2D eigenvalue weighted by Crippen LogP contribution is 2.29. The van der Waals surface area contributed by atoms with Crippen LogP contribution in [-0.2, 0) is 13.2 Å². The zero-order valence-corrected chi connectivity index (χ0v) is 14.4. The number of fused-ring (bicyclic) bond motifs is 1. The molecule has 0 aromatic carbocycles. The molecule has 0 atom stereocenters. The molecule has 0 saturated carbocycles. The van der Waals surface area contributed by atoms with Gasteiger partial charge >= 0.3 is 0 Å². The largest absolute Gasteiger partial charge is 0.318 e. The molecule has 2 aromatic heterocycles. The Morgan fingerprint density at radius 1 is 1.35 bits per heavy atom. The average Bonchev–Trinajstić information content (AvgIpc) is 3.13. The lowest BCUT2D eigenvalue weighted by atomic mass is 10.2. The van der Waals surface area contributed by atoms with Crippen LogP contribution in [0.4, 0.5) is 0 Å². The number of imidazole rings is 1. The quantitative estimate of drug-likeness (QED) is 0.823. The number of aromatic nitrogens is 4. The van der Waals surface area contributed by atoms with Crippen molar-refractivity contribution in [2.75, 3.05) is 6.54 Å². The summed E-state index contributed by atoms with van der Waals surface area (Å²) in [6.45, 7) is 10.7. The van der Waals surface area contributed by atoms with E-state index >= 15 is 0 Å². The number of unbranched alkanes of at least 4 members (excludes halogenated alkanes) is 1.